The standard InChI is InChI=1S/C23H20FN3O2S/c1-29-19-5-2-4-17(12-19)14-25-23(28)21-13-20(22-6-3-11-30-22)26-27(21)15-16-7-9-18(24)10-8-16/h2-13H,14-15H2,1H3,(H,25,28). The van der Waals surface area contributed by atoms with E-state index in [1.807, 2.05) is 41.8 Å². The second-order valence-corrected chi connectivity index (χ2v) is 7.66. The molecular formula is C23H20FN3O2S. The number of benzene rings is 2. The topological polar surface area (TPSA) is 56.1 Å². The van der Waals surface area contributed by atoms with Gasteiger partial charge in [0.1, 0.15) is 23.0 Å². The van der Waals surface area contributed by atoms with Crippen LogP contribution in [0.25, 0.3) is 10.6 Å². The van der Waals surface area contributed by atoms with Crippen LogP contribution in [0.2, 0.25) is 0 Å². The molecule has 2 heterocycles. The summed E-state index contributed by atoms with van der Waals surface area (Å²) in [5.41, 5.74) is 2.98. The minimum absolute atomic E-state index is 0.227. The molecule has 0 spiro atoms. The van der Waals surface area contributed by atoms with Gasteiger partial charge in [0.25, 0.3) is 5.91 Å². The van der Waals surface area contributed by atoms with Gasteiger partial charge in [-0.05, 0) is 52.9 Å². The first-order valence-electron chi connectivity index (χ1n) is 9.39. The summed E-state index contributed by atoms with van der Waals surface area (Å²) < 4.78 is 20.1. The summed E-state index contributed by atoms with van der Waals surface area (Å²) in [6.45, 7) is 0.736. The highest BCUT2D eigenvalue weighted by Gasteiger charge is 2.17. The van der Waals surface area contributed by atoms with Gasteiger partial charge in [0, 0.05) is 6.54 Å². The molecule has 0 saturated carbocycles. The summed E-state index contributed by atoms with van der Waals surface area (Å²) in [6, 6.07) is 19.4. The lowest BCUT2D eigenvalue weighted by molar-refractivity contribution is 0.0940. The maximum absolute atomic E-state index is 13.2. The molecule has 0 aliphatic heterocycles. The van der Waals surface area contributed by atoms with Crippen molar-refractivity contribution in [3.8, 4) is 16.3 Å². The number of hydrogen-bond donors (Lipinski definition) is 1. The number of thiophene rings is 1. The van der Waals surface area contributed by atoms with Gasteiger partial charge >= 0.3 is 0 Å². The Balaban J connectivity index is 1.58. The fraction of sp³-hybridized carbons (Fsp3) is 0.130. The predicted octanol–water partition coefficient (Wildman–Crippen LogP) is 4.74. The lowest BCUT2D eigenvalue weighted by Gasteiger charge is -2.09. The normalized spacial score (nSPS) is 10.7. The minimum atomic E-state index is -0.297. The number of methoxy groups -OCH3 is 1. The van der Waals surface area contributed by atoms with Crippen molar-refractivity contribution in [1.82, 2.24) is 15.1 Å². The number of nitrogens with one attached hydrogen (secondary N) is 1. The fourth-order valence-electron chi connectivity index (χ4n) is 3.08. The summed E-state index contributed by atoms with van der Waals surface area (Å²) in [5.74, 6) is 0.216. The molecule has 4 rings (SSSR count). The molecule has 0 saturated heterocycles. The highest BCUT2D eigenvalue weighted by Crippen LogP contribution is 2.25. The number of ether oxygens (including phenoxy) is 1. The van der Waals surface area contributed by atoms with E-state index in [0.29, 0.717) is 18.8 Å². The van der Waals surface area contributed by atoms with Crippen LogP contribution in [-0.4, -0.2) is 22.8 Å². The smallest absolute Gasteiger partial charge is 0.269 e. The molecule has 2 aromatic carbocycles. The van der Waals surface area contributed by atoms with Gasteiger partial charge in [-0.3, -0.25) is 9.48 Å². The van der Waals surface area contributed by atoms with Crippen molar-refractivity contribution in [2.75, 3.05) is 7.11 Å². The van der Waals surface area contributed by atoms with Crippen LogP contribution in [0.4, 0.5) is 4.39 Å². The van der Waals surface area contributed by atoms with E-state index in [-0.39, 0.29) is 11.7 Å². The molecule has 4 aromatic rings. The van der Waals surface area contributed by atoms with Crippen molar-refractivity contribution in [3.63, 3.8) is 0 Å². The van der Waals surface area contributed by atoms with E-state index in [9.17, 15) is 9.18 Å². The second-order valence-electron chi connectivity index (χ2n) is 6.71. The molecule has 0 fully saturated rings. The summed E-state index contributed by atoms with van der Waals surface area (Å²) in [7, 11) is 1.61. The molecule has 152 valence electrons. The molecule has 30 heavy (non-hydrogen) atoms. The average molecular weight is 421 g/mol. The number of nitrogens with zero attached hydrogens (tertiary/aromatic N) is 2. The van der Waals surface area contributed by atoms with Gasteiger partial charge in [-0.15, -0.1) is 11.3 Å². The molecule has 5 nitrogen and oxygen atoms in total. The lowest BCUT2D eigenvalue weighted by atomic mass is 10.2. The Morgan fingerprint density at radius 1 is 1.10 bits per heavy atom. The van der Waals surface area contributed by atoms with E-state index in [0.717, 1.165) is 27.4 Å². The predicted molar refractivity (Wildman–Crippen MR) is 115 cm³/mol. The Morgan fingerprint density at radius 2 is 1.93 bits per heavy atom. The van der Waals surface area contributed by atoms with Crippen molar-refractivity contribution in [1.29, 1.82) is 0 Å². The Hall–Kier alpha value is -3.45. The van der Waals surface area contributed by atoms with Crippen molar-refractivity contribution < 1.29 is 13.9 Å². The number of hydrogen-bond acceptors (Lipinski definition) is 4. The molecule has 1 N–H and O–H groups in total. The second kappa shape index (κ2) is 8.92. The Morgan fingerprint density at radius 3 is 2.67 bits per heavy atom. The molecular weight excluding hydrogens is 401 g/mol. The van der Waals surface area contributed by atoms with E-state index in [1.54, 1.807) is 41.3 Å². The van der Waals surface area contributed by atoms with Crippen LogP contribution in [-0.2, 0) is 13.1 Å². The average Bonchev–Trinajstić information content (AvgIpc) is 3.44. The molecule has 0 aliphatic carbocycles. The van der Waals surface area contributed by atoms with E-state index < -0.39 is 0 Å². The molecule has 0 atom stereocenters. The summed E-state index contributed by atoms with van der Waals surface area (Å²) in [5, 5.41) is 9.54. The van der Waals surface area contributed by atoms with Crippen molar-refractivity contribution in [3.05, 3.63) is 94.7 Å². The molecule has 0 aliphatic rings. The maximum atomic E-state index is 13.2. The van der Waals surface area contributed by atoms with E-state index >= 15 is 0 Å². The number of rotatable bonds is 7. The monoisotopic (exact) mass is 421 g/mol. The summed E-state index contributed by atoms with van der Waals surface area (Å²) >= 11 is 1.56. The number of carbonyl (C=O) groups is 1. The van der Waals surface area contributed by atoms with Crippen molar-refractivity contribution in [2.45, 2.75) is 13.1 Å². The third kappa shape index (κ3) is 4.58. The van der Waals surface area contributed by atoms with Gasteiger partial charge < -0.3 is 10.1 Å². The van der Waals surface area contributed by atoms with Crippen LogP contribution in [0.5, 0.6) is 5.75 Å². The third-order valence-corrected chi connectivity index (χ3v) is 5.51. The first-order valence-corrected chi connectivity index (χ1v) is 10.3. The van der Waals surface area contributed by atoms with E-state index in [2.05, 4.69) is 10.4 Å². The highest BCUT2D eigenvalue weighted by molar-refractivity contribution is 7.13. The molecule has 0 bridgehead atoms. The highest BCUT2D eigenvalue weighted by atomic mass is 32.1. The van der Waals surface area contributed by atoms with Gasteiger partial charge in [-0.2, -0.15) is 5.10 Å². The van der Waals surface area contributed by atoms with E-state index in [1.165, 1.54) is 12.1 Å². The molecule has 7 heteroatoms. The summed E-state index contributed by atoms with van der Waals surface area (Å²) in [6.07, 6.45) is 0. The SMILES string of the molecule is COc1cccc(CNC(=O)c2cc(-c3cccs3)nn2Cc2ccc(F)cc2)c1. The molecule has 1 amide bonds. The van der Waals surface area contributed by atoms with Crippen molar-refractivity contribution >= 4 is 17.2 Å². The Bertz CT molecular complexity index is 1140. The zero-order valence-corrected chi connectivity index (χ0v) is 17.2. The van der Waals surface area contributed by atoms with Crippen LogP contribution < -0.4 is 10.1 Å². The van der Waals surface area contributed by atoms with Gasteiger partial charge in [0.2, 0.25) is 0 Å². The number of amides is 1. The first kappa shape index (κ1) is 19.8. The first-order chi connectivity index (χ1) is 14.6. The van der Waals surface area contributed by atoms with Crippen LogP contribution in [0.3, 0.4) is 0 Å². The lowest BCUT2D eigenvalue weighted by Crippen LogP contribution is -2.26. The number of aromatic nitrogens is 2. The molecule has 2 aromatic heterocycles. The largest absolute Gasteiger partial charge is 0.497 e. The van der Waals surface area contributed by atoms with Gasteiger partial charge in [0.05, 0.1) is 18.5 Å². The molecule has 0 radical (unpaired) electrons. The van der Waals surface area contributed by atoms with Gasteiger partial charge in [-0.25, -0.2) is 4.39 Å². The third-order valence-electron chi connectivity index (χ3n) is 4.62. The van der Waals surface area contributed by atoms with Crippen LogP contribution in [0, 0.1) is 5.82 Å². The van der Waals surface area contributed by atoms with Crippen LogP contribution in [0.1, 0.15) is 21.6 Å². The fourth-order valence-corrected chi connectivity index (χ4v) is 3.76. The zero-order valence-electron chi connectivity index (χ0n) is 16.3. The van der Waals surface area contributed by atoms with Gasteiger partial charge in [0.15, 0.2) is 0 Å². The van der Waals surface area contributed by atoms with Crippen LogP contribution in [0.15, 0.2) is 72.1 Å². The Labute approximate surface area is 177 Å². The minimum Gasteiger partial charge on any atom is -0.497 e. The quantitative estimate of drug-likeness (QED) is 0.469. The molecule has 0 unspecified atom stereocenters. The Kier molecular flexibility index (Phi) is 5.90. The van der Waals surface area contributed by atoms with E-state index in [4.69, 9.17) is 4.74 Å². The maximum Gasteiger partial charge on any atom is 0.269 e. The van der Waals surface area contributed by atoms with Crippen LogP contribution >= 0.6 is 11.3 Å². The zero-order chi connectivity index (χ0) is 20.9. The number of halogens is 1. The number of carbonyl (C=O) groups excluding carboxylic acids is 1. The van der Waals surface area contributed by atoms with Gasteiger partial charge in [-0.1, -0.05) is 30.3 Å². The van der Waals surface area contributed by atoms with Crippen molar-refractivity contribution in [2.24, 2.45) is 0 Å². The summed E-state index contributed by atoms with van der Waals surface area (Å²) in [4.78, 5) is 13.9.